The van der Waals surface area contributed by atoms with Crippen molar-refractivity contribution in [3.8, 4) is 0 Å². The van der Waals surface area contributed by atoms with E-state index in [0.29, 0.717) is 0 Å². The van der Waals surface area contributed by atoms with Crippen molar-refractivity contribution in [2.75, 3.05) is 13.1 Å². The van der Waals surface area contributed by atoms with Gasteiger partial charge in [-0.3, -0.25) is 0 Å². The van der Waals surface area contributed by atoms with Crippen LogP contribution in [0.2, 0.25) is 0 Å². The van der Waals surface area contributed by atoms with Crippen LogP contribution in [-0.4, -0.2) is 19.3 Å². The Morgan fingerprint density at radius 1 is 1.75 bits per heavy atom. The van der Waals surface area contributed by atoms with Gasteiger partial charge in [-0.2, -0.15) is 0 Å². The predicted molar refractivity (Wildman–Crippen MR) is 31.5 cm³/mol. The fourth-order valence-corrected chi connectivity index (χ4v) is 1.07. The molecule has 1 aliphatic heterocycles. The van der Waals surface area contributed by atoms with E-state index in [2.05, 4.69) is 5.32 Å². The van der Waals surface area contributed by atoms with Crippen LogP contribution < -0.4 is 5.32 Å². The molecule has 1 heterocycles. The van der Waals surface area contributed by atoms with Crippen molar-refractivity contribution in [2.45, 2.75) is 19.5 Å². The highest BCUT2D eigenvalue weighted by molar-refractivity contribution is 4.74. The maximum absolute atomic E-state index is 12.4. The summed E-state index contributed by atoms with van der Waals surface area (Å²) in [5.74, 6) is 0.287. The summed E-state index contributed by atoms with van der Waals surface area (Å²) in [4.78, 5) is 0. The molecule has 2 atom stereocenters. The third-order valence-electron chi connectivity index (χ3n) is 1.75. The monoisotopic (exact) mass is 117 g/mol. The summed E-state index contributed by atoms with van der Waals surface area (Å²) in [5, 5.41) is 3.11. The van der Waals surface area contributed by atoms with Crippen LogP contribution in [-0.2, 0) is 0 Å². The largest absolute Gasteiger partial charge is 0.316 e. The molecule has 1 nitrogen and oxygen atoms in total. The number of nitrogens with one attached hydrogen (secondary N) is 1. The molecular weight excluding hydrogens is 105 g/mol. The number of halogens is 1. The lowest BCUT2D eigenvalue weighted by atomic mass is 10.1. The van der Waals surface area contributed by atoms with Gasteiger partial charge in [-0.25, -0.2) is 4.39 Å². The summed E-state index contributed by atoms with van der Waals surface area (Å²) in [5.41, 5.74) is 0. The molecule has 0 amide bonds. The molecule has 8 heavy (non-hydrogen) atoms. The van der Waals surface area contributed by atoms with E-state index in [-0.39, 0.29) is 5.92 Å². The van der Waals surface area contributed by atoms with Gasteiger partial charge in [-0.15, -0.1) is 0 Å². The number of alkyl halides is 1. The lowest BCUT2D eigenvalue weighted by Crippen LogP contribution is -2.15. The predicted octanol–water partition coefficient (Wildman–Crippen LogP) is 0.954. The lowest BCUT2D eigenvalue weighted by molar-refractivity contribution is 0.264. The summed E-state index contributed by atoms with van der Waals surface area (Å²) < 4.78 is 12.4. The SMILES string of the molecule is CC(F)[C@@H]1CCNC1. The van der Waals surface area contributed by atoms with Gasteiger partial charge in [0.05, 0.1) is 0 Å². The standard InChI is InChI=1S/C6H12FN/c1-5(7)6-2-3-8-4-6/h5-6,8H,2-4H2,1H3/t5?,6-/m1/s1. The van der Waals surface area contributed by atoms with Crippen molar-refractivity contribution in [3.63, 3.8) is 0 Å². The molecule has 0 aliphatic carbocycles. The average Bonchev–Trinajstić information content (AvgIpc) is 2.12. The molecule has 1 rings (SSSR count). The van der Waals surface area contributed by atoms with E-state index >= 15 is 0 Å². The zero-order valence-corrected chi connectivity index (χ0v) is 5.15. The molecule has 1 aliphatic rings. The highest BCUT2D eigenvalue weighted by atomic mass is 19.1. The Morgan fingerprint density at radius 3 is 2.75 bits per heavy atom. The van der Waals surface area contributed by atoms with Crippen molar-refractivity contribution >= 4 is 0 Å². The van der Waals surface area contributed by atoms with Gasteiger partial charge in [0.15, 0.2) is 0 Å². The Balaban J connectivity index is 2.24. The number of hydrogen-bond donors (Lipinski definition) is 1. The summed E-state index contributed by atoms with van der Waals surface area (Å²) in [6, 6.07) is 0. The molecule has 0 aromatic carbocycles. The third-order valence-corrected chi connectivity index (χ3v) is 1.75. The van der Waals surface area contributed by atoms with Crippen molar-refractivity contribution in [1.29, 1.82) is 0 Å². The molecule has 1 unspecified atom stereocenters. The molecule has 0 saturated carbocycles. The van der Waals surface area contributed by atoms with Crippen molar-refractivity contribution < 1.29 is 4.39 Å². The highest BCUT2D eigenvalue weighted by Crippen LogP contribution is 2.14. The van der Waals surface area contributed by atoms with Crippen LogP contribution in [0, 0.1) is 5.92 Å². The van der Waals surface area contributed by atoms with Gasteiger partial charge in [0.1, 0.15) is 6.17 Å². The van der Waals surface area contributed by atoms with E-state index < -0.39 is 6.17 Å². The Kier molecular flexibility index (Phi) is 1.84. The van der Waals surface area contributed by atoms with Crippen LogP contribution >= 0.6 is 0 Å². The first-order valence-electron chi connectivity index (χ1n) is 3.15. The average molecular weight is 117 g/mol. The smallest absolute Gasteiger partial charge is 0.101 e. The van der Waals surface area contributed by atoms with Crippen molar-refractivity contribution in [1.82, 2.24) is 5.32 Å². The maximum Gasteiger partial charge on any atom is 0.101 e. The summed E-state index contributed by atoms with van der Waals surface area (Å²) >= 11 is 0. The fourth-order valence-electron chi connectivity index (χ4n) is 1.07. The van der Waals surface area contributed by atoms with Crippen molar-refractivity contribution in [2.24, 2.45) is 5.92 Å². The van der Waals surface area contributed by atoms with Crippen LogP contribution in [0.4, 0.5) is 4.39 Å². The zero-order chi connectivity index (χ0) is 5.98. The Bertz CT molecular complexity index is 66.9. The summed E-state index contributed by atoms with van der Waals surface area (Å²) in [7, 11) is 0. The van der Waals surface area contributed by atoms with Crippen molar-refractivity contribution in [3.05, 3.63) is 0 Å². The van der Waals surface area contributed by atoms with Gasteiger partial charge < -0.3 is 5.32 Å². The second-order valence-corrected chi connectivity index (χ2v) is 2.43. The molecule has 0 spiro atoms. The lowest BCUT2D eigenvalue weighted by Gasteiger charge is -2.06. The van der Waals surface area contributed by atoms with Gasteiger partial charge in [0.25, 0.3) is 0 Å². The van der Waals surface area contributed by atoms with E-state index in [1.54, 1.807) is 6.92 Å². The Labute approximate surface area is 49.3 Å². The van der Waals surface area contributed by atoms with Gasteiger partial charge in [-0.1, -0.05) is 0 Å². The molecule has 0 bridgehead atoms. The minimum atomic E-state index is -0.620. The fraction of sp³-hybridized carbons (Fsp3) is 1.00. The normalized spacial score (nSPS) is 33.0. The van der Waals surface area contributed by atoms with Crippen LogP contribution in [0.15, 0.2) is 0 Å². The molecule has 1 fully saturated rings. The second-order valence-electron chi connectivity index (χ2n) is 2.43. The molecule has 0 radical (unpaired) electrons. The van der Waals surface area contributed by atoms with Gasteiger partial charge >= 0.3 is 0 Å². The molecule has 1 N–H and O–H groups in total. The minimum Gasteiger partial charge on any atom is -0.316 e. The van der Waals surface area contributed by atoms with Crippen LogP contribution in [0.25, 0.3) is 0 Å². The van der Waals surface area contributed by atoms with E-state index in [1.165, 1.54) is 0 Å². The Morgan fingerprint density at radius 2 is 2.50 bits per heavy atom. The highest BCUT2D eigenvalue weighted by Gasteiger charge is 2.19. The minimum absolute atomic E-state index is 0.287. The van der Waals surface area contributed by atoms with Gasteiger partial charge in [0.2, 0.25) is 0 Å². The first-order chi connectivity index (χ1) is 3.80. The first-order valence-corrected chi connectivity index (χ1v) is 3.15. The quantitative estimate of drug-likeness (QED) is 0.539. The molecule has 1 saturated heterocycles. The molecule has 0 aromatic heterocycles. The zero-order valence-electron chi connectivity index (χ0n) is 5.15. The number of hydrogen-bond acceptors (Lipinski definition) is 1. The van der Waals surface area contributed by atoms with E-state index in [0.717, 1.165) is 19.5 Å². The Hall–Kier alpha value is -0.110. The number of rotatable bonds is 1. The molecular formula is C6H12FN. The summed E-state index contributed by atoms with van der Waals surface area (Å²) in [6.45, 7) is 3.51. The van der Waals surface area contributed by atoms with E-state index in [9.17, 15) is 4.39 Å². The van der Waals surface area contributed by atoms with E-state index in [1.807, 2.05) is 0 Å². The molecule has 48 valence electrons. The maximum atomic E-state index is 12.4. The van der Waals surface area contributed by atoms with Gasteiger partial charge in [-0.05, 0) is 19.9 Å². The van der Waals surface area contributed by atoms with Crippen LogP contribution in [0.5, 0.6) is 0 Å². The van der Waals surface area contributed by atoms with Crippen LogP contribution in [0.3, 0.4) is 0 Å². The van der Waals surface area contributed by atoms with Crippen LogP contribution in [0.1, 0.15) is 13.3 Å². The topological polar surface area (TPSA) is 12.0 Å². The molecule has 0 aromatic rings. The second kappa shape index (κ2) is 2.44. The first kappa shape index (κ1) is 6.02. The van der Waals surface area contributed by atoms with Gasteiger partial charge in [0, 0.05) is 12.5 Å². The molecule has 2 heteroatoms. The summed E-state index contributed by atoms with van der Waals surface area (Å²) in [6.07, 6.45) is 0.391. The third kappa shape index (κ3) is 1.19. The van der Waals surface area contributed by atoms with E-state index in [4.69, 9.17) is 0 Å².